The lowest BCUT2D eigenvalue weighted by atomic mass is 9.79. The second kappa shape index (κ2) is 17.5. The van der Waals surface area contributed by atoms with Gasteiger partial charge in [-0.25, -0.2) is 0 Å². The molecule has 0 bridgehead atoms. The SMILES string of the molecule is CC(O)[C@H](NC(=O)COc1cccc2ccccc12)C(=O)NC(CC1CCCCC1)[C@@H](O)[C@H](O)[C@H](C(=O)NC1c2ccccc2C[C@H]1O)C(C)C. The summed E-state index contributed by atoms with van der Waals surface area (Å²) in [7, 11) is 0. The normalized spacial score (nSPS) is 21.2. The Balaban J connectivity index is 1.28. The molecule has 3 aromatic carbocycles. The van der Waals surface area contributed by atoms with Gasteiger partial charge in [0.1, 0.15) is 17.9 Å². The highest BCUT2D eigenvalue weighted by molar-refractivity contribution is 5.90. The highest BCUT2D eigenvalue weighted by atomic mass is 16.5. The van der Waals surface area contributed by atoms with Crippen molar-refractivity contribution < 1.29 is 39.5 Å². The second-order valence-electron chi connectivity index (χ2n) is 14.6. The van der Waals surface area contributed by atoms with Gasteiger partial charge >= 0.3 is 0 Å². The molecule has 0 heterocycles. The van der Waals surface area contributed by atoms with E-state index >= 15 is 0 Å². The van der Waals surface area contributed by atoms with Gasteiger partial charge in [0.25, 0.3) is 5.91 Å². The van der Waals surface area contributed by atoms with Gasteiger partial charge in [-0.05, 0) is 47.8 Å². The molecule has 2 aliphatic carbocycles. The van der Waals surface area contributed by atoms with E-state index in [0.29, 0.717) is 18.6 Å². The number of ether oxygens (including phenoxy) is 1. The van der Waals surface area contributed by atoms with Gasteiger partial charge < -0.3 is 41.1 Å². The first-order valence-electron chi connectivity index (χ1n) is 18.2. The van der Waals surface area contributed by atoms with E-state index in [4.69, 9.17) is 4.74 Å². The van der Waals surface area contributed by atoms with Crippen molar-refractivity contribution in [2.45, 2.75) is 108 Å². The molecular formula is C40H53N3O8. The summed E-state index contributed by atoms with van der Waals surface area (Å²) in [6, 6.07) is 17.5. The molecule has 2 aliphatic rings. The van der Waals surface area contributed by atoms with Crippen LogP contribution >= 0.6 is 0 Å². The molecule has 0 spiro atoms. The summed E-state index contributed by atoms with van der Waals surface area (Å²) in [6.07, 6.45) is 0.403. The molecule has 0 saturated heterocycles. The third kappa shape index (κ3) is 9.45. The summed E-state index contributed by atoms with van der Waals surface area (Å²) in [5.41, 5.74) is 1.75. The molecule has 5 rings (SSSR count). The number of nitrogens with one attached hydrogen (secondary N) is 3. The quantitative estimate of drug-likeness (QED) is 0.126. The molecule has 1 saturated carbocycles. The maximum absolute atomic E-state index is 13.8. The van der Waals surface area contributed by atoms with Crippen LogP contribution in [0.1, 0.15) is 76.5 Å². The van der Waals surface area contributed by atoms with Gasteiger partial charge in [0.15, 0.2) is 6.61 Å². The molecule has 11 nitrogen and oxygen atoms in total. The lowest BCUT2D eigenvalue weighted by Crippen LogP contribution is -2.60. The molecule has 3 amide bonds. The van der Waals surface area contributed by atoms with Crippen molar-refractivity contribution in [3.8, 4) is 5.75 Å². The molecule has 8 atom stereocenters. The number of aliphatic hydroxyl groups is 4. The zero-order valence-corrected chi connectivity index (χ0v) is 29.7. The second-order valence-corrected chi connectivity index (χ2v) is 14.6. The molecule has 3 aromatic rings. The minimum absolute atomic E-state index is 0.163. The van der Waals surface area contributed by atoms with E-state index in [1.165, 1.54) is 6.92 Å². The Hall–Kier alpha value is -4.03. The van der Waals surface area contributed by atoms with Crippen LogP contribution in [0.25, 0.3) is 10.8 Å². The van der Waals surface area contributed by atoms with E-state index in [9.17, 15) is 34.8 Å². The van der Waals surface area contributed by atoms with Gasteiger partial charge in [-0.1, -0.05) is 107 Å². The number of carbonyl (C=O) groups is 3. The van der Waals surface area contributed by atoms with Crippen molar-refractivity contribution in [2.75, 3.05) is 6.61 Å². The molecule has 276 valence electrons. The van der Waals surface area contributed by atoms with Gasteiger partial charge in [0.05, 0.1) is 36.3 Å². The van der Waals surface area contributed by atoms with Crippen molar-refractivity contribution in [2.24, 2.45) is 17.8 Å². The highest BCUT2D eigenvalue weighted by Gasteiger charge is 2.42. The van der Waals surface area contributed by atoms with Crippen LogP contribution in [-0.4, -0.2) is 81.3 Å². The summed E-state index contributed by atoms with van der Waals surface area (Å²) in [5.74, 6) is -2.67. The number of amides is 3. The Bertz CT molecular complexity index is 1640. The van der Waals surface area contributed by atoms with Crippen LogP contribution in [0, 0.1) is 17.8 Å². The molecule has 51 heavy (non-hydrogen) atoms. The minimum atomic E-state index is -1.57. The zero-order valence-electron chi connectivity index (χ0n) is 29.7. The number of hydrogen-bond donors (Lipinski definition) is 7. The number of carbonyl (C=O) groups excluding carboxylic acids is 3. The van der Waals surface area contributed by atoms with Crippen LogP contribution in [-0.2, 0) is 20.8 Å². The first-order chi connectivity index (χ1) is 24.4. The Morgan fingerprint density at radius 1 is 0.824 bits per heavy atom. The van der Waals surface area contributed by atoms with Crippen LogP contribution in [0.2, 0.25) is 0 Å². The van der Waals surface area contributed by atoms with Gasteiger partial charge in [-0.2, -0.15) is 0 Å². The fraction of sp³-hybridized carbons (Fsp3) is 0.525. The Kier molecular flexibility index (Phi) is 13.1. The topological polar surface area (TPSA) is 177 Å². The number of hydrogen-bond acceptors (Lipinski definition) is 8. The van der Waals surface area contributed by atoms with Crippen molar-refractivity contribution >= 4 is 28.5 Å². The number of rotatable bonds is 15. The van der Waals surface area contributed by atoms with Gasteiger partial charge in [-0.15, -0.1) is 0 Å². The monoisotopic (exact) mass is 703 g/mol. The van der Waals surface area contributed by atoms with Crippen molar-refractivity contribution in [3.05, 3.63) is 77.9 Å². The maximum Gasteiger partial charge on any atom is 0.258 e. The molecule has 0 aromatic heterocycles. The maximum atomic E-state index is 13.8. The molecule has 0 aliphatic heterocycles. The van der Waals surface area contributed by atoms with E-state index in [1.807, 2.05) is 60.7 Å². The Morgan fingerprint density at radius 2 is 1.51 bits per heavy atom. The van der Waals surface area contributed by atoms with E-state index in [2.05, 4.69) is 16.0 Å². The van der Waals surface area contributed by atoms with Crippen LogP contribution in [0.5, 0.6) is 5.75 Å². The minimum Gasteiger partial charge on any atom is -0.483 e. The van der Waals surface area contributed by atoms with E-state index < -0.39 is 78.7 Å². The summed E-state index contributed by atoms with van der Waals surface area (Å²) >= 11 is 0. The summed E-state index contributed by atoms with van der Waals surface area (Å²) < 4.78 is 5.79. The van der Waals surface area contributed by atoms with Crippen molar-refractivity contribution in [1.82, 2.24) is 16.0 Å². The average molecular weight is 704 g/mol. The summed E-state index contributed by atoms with van der Waals surface area (Å²) in [4.78, 5) is 40.5. The first-order valence-corrected chi connectivity index (χ1v) is 18.2. The van der Waals surface area contributed by atoms with Crippen LogP contribution in [0.3, 0.4) is 0 Å². The average Bonchev–Trinajstić information content (AvgIpc) is 3.43. The van der Waals surface area contributed by atoms with Crippen LogP contribution in [0.15, 0.2) is 66.7 Å². The number of benzene rings is 3. The van der Waals surface area contributed by atoms with Crippen LogP contribution < -0.4 is 20.7 Å². The van der Waals surface area contributed by atoms with Crippen molar-refractivity contribution in [3.63, 3.8) is 0 Å². The van der Waals surface area contributed by atoms with E-state index in [0.717, 1.165) is 54.0 Å². The molecule has 3 unspecified atom stereocenters. The molecule has 7 N–H and O–H groups in total. The fourth-order valence-electron chi connectivity index (χ4n) is 7.72. The summed E-state index contributed by atoms with van der Waals surface area (Å²) in [6.45, 7) is 4.52. The smallest absolute Gasteiger partial charge is 0.258 e. The zero-order chi connectivity index (χ0) is 36.7. The largest absolute Gasteiger partial charge is 0.483 e. The van der Waals surface area contributed by atoms with Crippen LogP contribution in [0.4, 0.5) is 0 Å². The van der Waals surface area contributed by atoms with Crippen molar-refractivity contribution in [1.29, 1.82) is 0 Å². The Morgan fingerprint density at radius 3 is 2.24 bits per heavy atom. The lowest BCUT2D eigenvalue weighted by molar-refractivity contribution is -0.139. The third-order valence-electron chi connectivity index (χ3n) is 10.5. The molecular weight excluding hydrogens is 650 g/mol. The lowest BCUT2D eigenvalue weighted by Gasteiger charge is -2.37. The summed E-state index contributed by atoms with van der Waals surface area (Å²) in [5, 5.41) is 54.8. The van der Waals surface area contributed by atoms with E-state index in [1.54, 1.807) is 19.9 Å². The Labute approximate surface area is 299 Å². The fourth-order valence-corrected chi connectivity index (χ4v) is 7.72. The molecule has 0 radical (unpaired) electrons. The van der Waals surface area contributed by atoms with Gasteiger partial charge in [0.2, 0.25) is 11.8 Å². The predicted octanol–water partition coefficient (Wildman–Crippen LogP) is 3.31. The molecule has 11 heteroatoms. The standard InChI is InChI=1S/C40H53N3O8/c1-23(2)34(39(49)43-36-29-18-10-8-15-27(29)21-31(36)45)38(48)37(47)30(20-25-12-5-4-6-13-25)41-40(50)35(24(3)44)42-33(46)22-51-32-19-11-16-26-14-7-9-17-28(26)32/h7-11,14-19,23-25,30-31,34-38,44-45,47-48H,4-6,12-13,20-22H2,1-3H3,(H,41,50)(H,42,46)(H,43,49)/t24?,30?,31-,34-,35+,36?,37-,38-/m1/s1. The van der Waals surface area contributed by atoms with Gasteiger partial charge in [0, 0.05) is 11.8 Å². The first kappa shape index (κ1) is 38.2. The molecule has 1 fully saturated rings. The van der Waals surface area contributed by atoms with E-state index in [-0.39, 0.29) is 5.92 Å². The highest BCUT2D eigenvalue weighted by Crippen LogP contribution is 2.33. The predicted molar refractivity (Wildman–Crippen MR) is 194 cm³/mol. The number of fused-ring (bicyclic) bond motifs is 2. The third-order valence-corrected chi connectivity index (χ3v) is 10.5. The van der Waals surface area contributed by atoms with Gasteiger partial charge in [-0.3, -0.25) is 14.4 Å². The number of aliphatic hydroxyl groups excluding tert-OH is 4.